The van der Waals surface area contributed by atoms with Crippen LogP contribution in [0.4, 0.5) is 26.3 Å². The van der Waals surface area contributed by atoms with E-state index >= 15 is 0 Å². The van der Waals surface area contributed by atoms with Gasteiger partial charge in [0.05, 0.1) is 10.6 Å². The topological polar surface area (TPSA) is 12.9 Å². The molecule has 0 bridgehead atoms. The van der Waals surface area contributed by atoms with Crippen molar-refractivity contribution in [3.05, 3.63) is 28.3 Å². The average molecular weight is 250 g/mol. The number of pyridine rings is 1. The zero-order valence-corrected chi connectivity index (χ0v) is 7.50. The monoisotopic (exact) mass is 249 g/mol. The molecule has 0 N–H and O–H groups in total. The maximum Gasteiger partial charge on any atom is 0.433 e. The number of alkyl halides is 5. The predicted molar refractivity (Wildman–Crippen MR) is 39.2 cm³/mol. The largest absolute Gasteiger partial charge is 0.433 e. The van der Waals surface area contributed by atoms with Crippen LogP contribution < -0.4 is 0 Å². The van der Waals surface area contributed by atoms with Gasteiger partial charge in [-0.05, 0) is 0 Å². The summed E-state index contributed by atoms with van der Waals surface area (Å²) in [7, 11) is 0. The van der Waals surface area contributed by atoms with Crippen LogP contribution in [-0.2, 0) is 6.18 Å². The maximum absolute atomic E-state index is 12.9. The first-order valence-electron chi connectivity index (χ1n) is 3.44. The summed E-state index contributed by atoms with van der Waals surface area (Å²) in [6.45, 7) is 0. The normalized spacial score (nSPS) is 12.3. The minimum Gasteiger partial charge on any atom is -0.250 e. The van der Waals surface area contributed by atoms with E-state index in [2.05, 4.69) is 4.98 Å². The molecule has 15 heavy (non-hydrogen) atoms. The molecule has 0 aliphatic rings. The summed E-state index contributed by atoms with van der Waals surface area (Å²) in [4.78, 5) is 2.65. The van der Waals surface area contributed by atoms with E-state index in [0.29, 0.717) is 6.20 Å². The molecular formula is C7H2ClF6N. The van der Waals surface area contributed by atoms with Crippen molar-refractivity contribution in [1.29, 1.82) is 0 Å². The summed E-state index contributed by atoms with van der Waals surface area (Å²) in [6.07, 6.45) is -8.43. The van der Waals surface area contributed by atoms with Gasteiger partial charge in [-0.3, -0.25) is 0 Å². The molecule has 1 aromatic heterocycles. The van der Waals surface area contributed by atoms with Gasteiger partial charge >= 0.3 is 6.18 Å². The SMILES string of the molecule is Fc1c(Cl)cnc(C(F)(F)F)c1C(F)F. The van der Waals surface area contributed by atoms with Crippen LogP contribution in [0.3, 0.4) is 0 Å². The van der Waals surface area contributed by atoms with Crippen molar-refractivity contribution in [2.24, 2.45) is 0 Å². The van der Waals surface area contributed by atoms with Crippen LogP contribution in [0, 0.1) is 5.82 Å². The Hall–Kier alpha value is -0.980. The molecule has 1 heterocycles. The van der Waals surface area contributed by atoms with Crippen LogP contribution in [0.1, 0.15) is 17.7 Å². The molecule has 0 amide bonds. The van der Waals surface area contributed by atoms with E-state index in [9.17, 15) is 26.3 Å². The van der Waals surface area contributed by atoms with Crippen molar-refractivity contribution in [3.63, 3.8) is 0 Å². The van der Waals surface area contributed by atoms with Gasteiger partial charge in [0.25, 0.3) is 6.43 Å². The Balaban J connectivity index is 3.47. The number of aromatic nitrogens is 1. The van der Waals surface area contributed by atoms with Crippen LogP contribution in [0.2, 0.25) is 5.02 Å². The molecule has 0 atom stereocenters. The predicted octanol–water partition coefficient (Wildman–Crippen LogP) is 3.83. The molecule has 1 rings (SSSR count). The minimum atomic E-state index is -5.14. The van der Waals surface area contributed by atoms with E-state index in [1.54, 1.807) is 0 Å². The van der Waals surface area contributed by atoms with E-state index in [1.807, 2.05) is 0 Å². The molecule has 84 valence electrons. The third-order valence-electron chi connectivity index (χ3n) is 1.49. The highest BCUT2D eigenvalue weighted by atomic mass is 35.5. The highest BCUT2D eigenvalue weighted by molar-refractivity contribution is 6.30. The lowest BCUT2D eigenvalue weighted by Gasteiger charge is -2.12. The van der Waals surface area contributed by atoms with Crippen LogP contribution in [0.5, 0.6) is 0 Å². The lowest BCUT2D eigenvalue weighted by atomic mass is 10.2. The number of nitrogens with zero attached hydrogens (tertiary/aromatic N) is 1. The molecule has 0 aliphatic heterocycles. The van der Waals surface area contributed by atoms with Gasteiger partial charge in [0.1, 0.15) is 0 Å². The fourth-order valence-electron chi connectivity index (χ4n) is 0.905. The zero-order valence-electron chi connectivity index (χ0n) is 6.75. The van der Waals surface area contributed by atoms with E-state index in [4.69, 9.17) is 11.6 Å². The van der Waals surface area contributed by atoms with Crippen molar-refractivity contribution in [3.8, 4) is 0 Å². The number of rotatable bonds is 1. The van der Waals surface area contributed by atoms with Gasteiger partial charge in [0.15, 0.2) is 11.5 Å². The van der Waals surface area contributed by atoms with Crippen LogP contribution in [0.25, 0.3) is 0 Å². The summed E-state index contributed by atoms with van der Waals surface area (Å²) >= 11 is 5.04. The second-order valence-corrected chi connectivity index (χ2v) is 2.89. The summed E-state index contributed by atoms with van der Waals surface area (Å²) in [5.41, 5.74) is -3.78. The molecule has 1 nitrogen and oxygen atoms in total. The first-order valence-corrected chi connectivity index (χ1v) is 3.82. The van der Waals surface area contributed by atoms with Crippen molar-refractivity contribution in [1.82, 2.24) is 4.98 Å². The van der Waals surface area contributed by atoms with E-state index in [1.165, 1.54) is 0 Å². The Morgan fingerprint density at radius 3 is 2.20 bits per heavy atom. The molecule has 8 heteroatoms. The van der Waals surface area contributed by atoms with Crippen LogP contribution in [0.15, 0.2) is 6.20 Å². The van der Waals surface area contributed by atoms with Crippen molar-refractivity contribution < 1.29 is 26.3 Å². The zero-order chi connectivity index (χ0) is 11.8. The molecular weight excluding hydrogens is 248 g/mol. The fourth-order valence-corrected chi connectivity index (χ4v) is 1.06. The van der Waals surface area contributed by atoms with Crippen LogP contribution >= 0.6 is 11.6 Å². The number of halogens is 7. The minimum absolute atomic E-state index is 0.339. The number of hydrogen-bond acceptors (Lipinski definition) is 1. The summed E-state index contributed by atoms with van der Waals surface area (Å²) in [6, 6.07) is 0. The van der Waals surface area contributed by atoms with E-state index in [-0.39, 0.29) is 0 Å². The first-order chi connectivity index (χ1) is 6.75. The molecule has 0 unspecified atom stereocenters. The molecule has 0 spiro atoms. The van der Waals surface area contributed by atoms with Crippen molar-refractivity contribution in [2.45, 2.75) is 12.6 Å². The van der Waals surface area contributed by atoms with Gasteiger partial charge < -0.3 is 0 Å². The lowest BCUT2D eigenvalue weighted by molar-refractivity contribution is -0.143. The molecule has 0 saturated heterocycles. The molecule has 0 saturated carbocycles. The highest BCUT2D eigenvalue weighted by Crippen LogP contribution is 2.37. The number of hydrogen-bond donors (Lipinski definition) is 0. The van der Waals surface area contributed by atoms with Crippen molar-refractivity contribution >= 4 is 11.6 Å². The van der Waals surface area contributed by atoms with Gasteiger partial charge in [-0.15, -0.1) is 0 Å². The standard InChI is InChI=1S/C7H2ClF6N/c8-2-1-15-5(7(12,13)14)3(4(2)9)6(10)11/h1,6H. The third-order valence-corrected chi connectivity index (χ3v) is 1.76. The second-order valence-electron chi connectivity index (χ2n) is 2.48. The summed E-state index contributed by atoms with van der Waals surface area (Å²) < 4.78 is 73.6. The summed E-state index contributed by atoms with van der Waals surface area (Å²) in [5, 5.41) is -0.877. The van der Waals surface area contributed by atoms with E-state index < -0.39 is 34.7 Å². The Kier molecular flexibility index (Phi) is 3.13. The third kappa shape index (κ3) is 2.34. The quantitative estimate of drug-likeness (QED) is 0.689. The smallest absolute Gasteiger partial charge is 0.250 e. The van der Waals surface area contributed by atoms with Crippen LogP contribution in [-0.4, -0.2) is 4.98 Å². The molecule has 0 aromatic carbocycles. The van der Waals surface area contributed by atoms with Gasteiger partial charge in [-0.25, -0.2) is 18.2 Å². The van der Waals surface area contributed by atoms with Gasteiger partial charge in [-0.1, -0.05) is 11.6 Å². The molecule has 0 fully saturated rings. The van der Waals surface area contributed by atoms with Gasteiger partial charge in [-0.2, -0.15) is 13.2 Å². The summed E-state index contributed by atoms with van der Waals surface area (Å²) in [5.74, 6) is -1.80. The Labute approximate surface area is 84.7 Å². The van der Waals surface area contributed by atoms with Gasteiger partial charge in [0, 0.05) is 6.20 Å². The van der Waals surface area contributed by atoms with Gasteiger partial charge in [0.2, 0.25) is 0 Å². The first kappa shape index (κ1) is 12.1. The Bertz CT molecular complexity index is 374. The lowest BCUT2D eigenvalue weighted by Crippen LogP contribution is -2.14. The Morgan fingerprint density at radius 1 is 1.27 bits per heavy atom. The maximum atomic E-state index is 12.9. The average Bonchev–Trinajstić information content (AvgIpc) is 2.06. The van der Waals surface area contributed by atoms with Crippen molar-refractivity contribution in [2.75, 3.05) is 0 Å². The molecule has 0 aliphatic carbocycles. The molecule has 0 radical (unpaired) electrons. The second kappa shape index (κ2) is 3.88. The Morgan fingerprint density at radius 2 is 1.80 bits per heavy atom. The highest BCUT2D eigenvalue weighted by Gasteiger charge is 2.39. The van der Waals surface area contributed by atoms with E-state index in [0.717, 1.165) is 0 Å². The molecule has 1 aromatic rings. The fraction of sp³-hybridized carbons (Fsp3) is 0.286.